The van der Waals surface area contributed by atoms with E-state index in [1.54, 1.807) is 0 Å². The summed E-state index contributed by atoms with van der Waals surface area (Å²) in [4.78, 5) is 2.67. The van der Waals surface area contributed by atoms with E-state index in [1.807, 2.05) is 6.20 Å². The molecule has 1 N–H and O–H groups in total. The average Bonchev–Trinajstić information content (AvgIpc) is 3.29. The highest BCUT2D eigenvalue weighted by molar-refractivity contribution is 5.83. The minimum atomic E-state index is 0.362. The van der Waals surface area contributed by atoms with Crippen LogP contribution in [0.25, 0.3) is 10.9 Å². The van der Waals surface area contributed by atoms with E-state index in [2.05, 4.69) is 41.2 Å². The molecule has 1 aromatic carbocycles. The number of aromatic amines is 1. The maximum atomic E-state index is 6.36. The van der Waals surface area contributed by atoms with Crippen molar-refractivity contribution in [1.82, 2.24) is 15.1 Å². The van der Waals surface area contributed by atoms with Crippen molar-refractivity contribution >= 4 is 10.9 Å². The SMILES string of the molecule is Cc1c(OC2CCC(N(C)C3CCCC3)CC2)ccc2[nH]ncc12. The number of fused-ring (bicyclic) bond motifs is 1. The van der Waals surface area contributed by atoms with Crippen LogP contribution in [-0.4, -0.2) is 40.3 Å². The summed E-state index contributed by atoms with van der Waals surface area (Å²) in [7, 11) is 2.35. The van der Waals surface area contributed by atoms with Crippen molar-refractivity contribution in [2.24, 2.45) is 0 Å². The first-order valence-electron chi connectivity index (χ1n) is 9.53. The van der Waals surface area contributed by atoms with Crippen LogP contribution < -0.4 is 4.74 Å². The Morgan fingerprint density at radius 1 is 1.04 bits per heavy atom. The van der Waals surface area contributed by atoms with Crippen LogP contribution in [0.2, 0.25) is 0 Å². The van der Waals surface area contributed by atoms with Crippen molar-refractivity contribution in [2.45, 2.75) is 76.5 Å². The molecule has 0 aliphatic heterocycles. The molecule has 0 saturated heterocycles. The molecular weight excluding hydrogens is 298 g/mol. The van der Waals surface area contributed by atoms with Gasteiger partial charge in [0.25, 0.3) is 0 Å². The fraction of sp³-hybridized carbons (Fsp3) is 0.650. The molecule has 2 aliphatic carbocycles. The highest BCUT2D eigenvalue weighted by atomic mass is 16.5. The minimum absolute atomic E-state index is 0.362. The molecule has 4 heteroatoms. The van der Waals surface area contributed by atoms with Crippen molar-refractivity contribution in [3.05, 3.63) is 23.9 Å². The second-order valence-electron chi connectivity index (χ2n) is 7.67. The van der Waals surface area contributed by atoms with Crippen LogP contribution in [0, 0.1) is 6.92 Å². The third kappa shape index (κ3) is 3.04. The molecule has 0 spiro atoms. The van der Waals surface area contributed by atoms with Gasteiger partial charge in [0, 0.05) is 23.0 Å². The first-order valence-corrected chi connectivity index (χ1v) is 9.53. The van der Waals surface area contributed by atoms with Crippen LogP contribution in [0.15, 0.2) is 18.3 Å². The van der Waals surface area contributed by atoms with E-state index in [1.165, 1.54) is 62.3 Å². The Kier molecular flexibility index (Phi) is 4.49. The van der Waals surface area contributed by atoms with Gasteiger partial charge in [-0.15, -0.1) is 0 Å². The number of benzene rings is 1. The Labute approximate surface area is 144 Å². The van der Waals surface area contributed by atoms with Crippen LogP contribution >= 0.6 is 0 Å². The lowest BCUT2D eigenvalue weighted by Crippen LogP contribution is -2.42. The number of hydrogen-bond donors (Lipinski definition) is 1. The second kappa shape index (κ2) is 6.75. The Hall–Kier alpha value is -1.55. The lowest BCUT2D eigenvalue weighted by atomic mass is 9.91. The van der Waals surface area contributed by atoms with Gasteiger partial charge in [-0.05, 0) is 64.6 Å². The van der Waals surface area contributed by atoms with Gasteiger partial charge in [0.2, 0.25) is 0 Å². The zero-order valence-corrected chi connectivity index (χ0v) is 14.9. The molecule has 2 saturated carbocycles. The topological polar surface area (TPSA) is 41.1 Å². The van der Waals surface area contributed by atoms with E-state index >= 15 is 0 Å². The number of aromatic nitrogens is 2. The monoisotopic (exact) mass is 327 g/mol. The molecule has 130 valence electrons. The second-order valence-corrected chi connectivity index (χ2v) is 7.67. The molecule has 24 heavy (non-hydrogen) atoms. The predicted molar refractivity (Wildman–Crippen MR) is 97.5 cm³/mol. The summed E-state index contributed by atoms with van der Waals surface area (Å²) in [6.07, 6.45) is 12.8. The maximum Gasteiger partial charge on any atom is 0.123 e. The van der Waals surface area contributed by atoms with Crippen molar-refractivity contribution in [2.75, 3.05) is 7.05 Å². The molecule has 0 unspecified atom stereocenters. The van der Waals surface area contributed by atoms with Crippen molar-refractivity contribution in [3.8, 4) is 5.75 Å². The summed E-state index contributed by atoms with van der Waals surface area (Å²) in [5.41, 5.74) is 2.29. The predicted octanol–water partition coefficient (Wildman–Crippen LogP) is 4.44. The van der Waals surface area contributed by atoms with Gasteiger partial charge in [-0.2, -0.15) is 5.10 Å². The summed E-state index contributed by atoms with van der Waals surface area (Å²) in [6, 6.07) is 5.75. The first-order chi connectivity index (χ1) is 11.7. The molecule has 2 aromatic rings. The van der Waals surface area contributed by atoms with E-state index < -0.39 is 0 Å². The van der Waals surface area contributed by atoms with Gasteiger partial charge in [-0.3, -0.25) is 5.10 Å². The van der Waals surface area contributed by atoms with Crippen LogP contribution in [-0.2, 0) is 0 Å². The van der Waals surface area contributed by atoms with E-state index in [0.29, 0.717) is 6.10 Å². The molecule has 0 radical (unpaired) electrons. The lowest BCUT2D eigenvalue weighted by molar-refractivity contribution is 0.0804. The Bertz CT molecular complexity index is 681. The zero-order chi connectivity index (χ0) is 16.5. The molecular formula is C20H29N3O. The average molecular weight is 327 g/mol. The molecule has 4 rings (SSSR count). The zero-order valence-electron chi connectivity index (χ0n) is 14.9. The van der Waals surface area contributed by atoms with Crippen LogP contribution in [0.1, 0.15) is 56.9 Å². The van der Waals surface area contributed by atoms with Gasteiger partial charge in [0.05, 0.1) is 17.8 Å². The van der Waals surface area contributed by atoms with Crippen LogP contribution in [0.5, 0.6) is 5.75 Å². The Morgan fingerprint density at radius 2 is 1.75 bits per heavy atom. The highest BCUT2D eigenvalue weighted by Crippen LogP contribution is 2.33. The van der Waals surface area contributed by atoms with Gasteiger partial charge in [-0.25, -0.2) is 0 Å². The Balaban J connectivity index is 1.36. The fourth-order valence-electron chi connectivity index (χ4n) is 4.63. The smallest absolute Gasteiger partial charge is 0.123 e. The molecule has 0 amide bonds. The van der Waals surface area contributed by atoms with Crippen LogP contribution in [0.3, 0.4) is 0 Å². The quantitative estimate of drug-likeness (QED) is 0.903. The standard InChI is InChI=1S/C20H29N3O/c1-14-18-13-21-22-19(18)11-12-20(14)24-17-9-7-16(8-10-17)23(2)15-5-3-4-6-15/h11-13,15-17H,3-10H2,1-2H3,(H,21,22). The maximum absolute atomic E-state index is 6.36. The van der Waals surface area contributed by atoms with E-state index in [9.17, 15) is 0 Å². The van der Waals surface area contributed by atoms with E-state index in [0.717, 1.165) is 23.3 Å². The number of nitrogens with one attached hydrogen (secondary N) is 1. The summed E-state index contributed by atoms with van der Waals surface area (Å²) < 4.78 is 6.36. The number of rotatable bonds is 4. The number of H-pyrrole nitrogens is 1. The highest BCUT2D eigenvalue weighted by Gasteiger charge is 2.30. The third-order valence-corrected chi connectivity index (χ3v) is 6.26. The van der Waals surface area contributed by atoms with Gasteiger partial charge >= 0.3 is 0 Å². The van der Waals surface area contributed by atoms with Gasteiger partial charge in [0.1, 0.15) is 5.75 Å². The molecule has 0 atom stereocenters. The normalized spacial score (nSPS) is 25.6. The number of ether oxygens (including phenoxy) is 1. The molecule has 4 nitrogen and oxygen atoms in total. The van der Waals surface area contributed by atoms with Crippen molar-refractivity contribution in [3.63, 3.8) is 0 Å². The first kappa shape index (κ1) is 15.9. The van der Waals surface area contributed by atoms with Crippen molar-refractivity contribution in [1.29, 1.82) is 0 Å². The van der Waals surface area contributed by atoms with Gasteiger partial charge in [-0.1, -0.05) is 12.8 Å². The van der Waals surface area contributed by atoms with Crippen LogP contribution in [0.4, 0.5) is 0 Å². The van der Waals surface area contributed by atoms with Gasteiger partial charge < -0.3 is 9.64 Å². The van der Waals surface area contributed by atoms with Crippen molar-refractivity contribution < 1.29 is 4.74 Å². The Morgan fingerprint density at radius 3 is 2.50 bits per heavy atom. The molecule has 2 aliphatic rings. The minimum Gasteiger partial charge on any atom is -0.490 e. The number of nitrogens with zero attached hydrogens (tertiary/aromatic N) is 2. The third-order valence-electron chi connectivity index (χ3n) is 6.26. The lowest BCUT2D eigenvalue weighted by Gasteiger charge is -2.38. The summed E-state index contributed by atoms with van der Waals surface area (Å²) in [6.45, 7) is 2.13. The summed E-state index contributed by atoms with van der Waals surface area (Å²) in [5, 5.41) is 8.32. The number of aryl methyl sites for hydroxylation is 1. The summed E-state index contributed by atoms with van der Waals surface area (Å²) >= 11 is 0. The molecule has 1 heterocycles. The van der Waals surface area contributed by atoms with E-state index in [4.69, 9.17) is 4.74 Å². The summed E-state index contributed by atoms with van der Waals surface area (Å²) in [5.74, 6) is 1.02. The largest absolute Gasteiger partial charge is 0.490 e. The molecule has 1 aromatic heterocycles. The molecule has 2 fully saturated rings. The van der Waals surface area contributed by atoms with E-state index in [-0.39, 0.29) is 0 Å². The molecule has 0 bridgehead atoms. The van der Waals surface area contributed by atoms with Gasteiger partial charge in [0.15, 0.2) is 0 Å². The number of hydrogen-bond acceptors (Lipinski definition) is 3. The fourth-order valence-corrected chi connectivity index (χ4v) is 4.63.